The number of halogens is 2. The summed E-state index contributed by atoms with van der Waals surface area (Å²) in [6.07, 6.45) is 2.54. The molecule has 8 nitrogen and oxygen atoms in total. The van der Waals surface area contributed by atoms with Gasteiger partial charge in [-0.3, -0.25) is 4.79 Å². The highest BCUT2D eigenvalue weighted by Crippen LogP contribution is 2.38. The number of imidazole rings is 1. The van der Waals surface area contributed by atoms with Crippen molar-refractivity contribution >= 4 is 33.2 Å². The van der Waals surface area contributed by atoms with Gasteiger partial charge in [0.15, 0.2) is 0 Å². The van der Waals surface area contributed by atoms with Crippen LogP contribution in [0.4, 0.5) is 8.78 Å². The number of nitrogens with two attached hydrogens (primary N) is 1. The van der Waals surface area contributed by atoms with Gasteiger partial charge < -0.3 is 15.6 Å². The molecule has 0 saturated heterocycles. The number of hydrogen-bond donors (Lipinski definition) is 2. The maximum atomic E-state index is 13.6. The molecule has 1 aliphatic rings. The Balaban J connectivity index is 1.94. The molecule has 11 heteroatoms. The zero-order chi connectivity index (χ0) is 26.9. The first kappa shape index (κ1) is 27.8. The van der Waals surface area contributed by atoms with Gasteiger partial charge in [0.25, 0.3) is 15.9 Å². The molecule has 3 N–H and O–H groups in total. The van der Waals surface area contributed by atoms with Gasteiger partial charge in [-0.05, 0) is 50.8 Å². The van der Waals surface area contributed by atoms with Gasteiger partial charge in [0.1, 0.15) is 5.82 Å². The van der Waals surface area contributed by atoms with Gasteiger partial charge in [0.05, 0.1) is 27.7 Å². The number of alkyl halides is 2. The fourth-order valence-electron chi connectivity index (χ4n) is 4.28. The summed E-state index contributed by atoms with van der Waals surface area (Å²) in [4.78, 5) is 16.8. The molecule has 1 aliphatic carbocycles. The van der Waals surface area contributed by atoms with Gasteiger partial charge in [0.2, 0.25) is 5.92 Å². The van der Waals surface area contributed by atoms with E-state index in [0.29, 0.717) is 24.9 Å². The minimum Gasteiger partial charge on any atom is -0.404 e. The van der Waals surface area contributed by atoms with Crippen LogP contribution in [0.2, 0.25) is 0 Å². The maximum Gasteiger partial charge on any atom is 0.282 e. The van der Waals surface area contributed by atoms with Crippen LogP contribution in [0.5, 0.6) is 0 Å². The van der Waals surface area contributed by atoms with Crippen LogP contribution in [0.25, 0.3) is 11.0 Å². The van der Waals surface area contributed by atoms with Crippen molar-refractivity contribution in [2.75, 3.05) is 0 Å². The Labute approximate surface area is 211 Å². The number of benzene rings is 1. The van der Waals surface area contributed by atoms with Gasteiger partial charge in [-0.2, -0.15) is 12.8 Å². The van der Waals surface area contributed by atoms with Crippen molar-refractivity contribution in [1.82, 2.24) is 14.9 Å². The van der Waals surface area contributed by atoms with E-state index in [-0.39, 0.29) is 40.7 Å². The molecule has 198 valence electrons. The number of amides is 1. The van der Waals surface area contributed by atoms with Gasteiger partial charge in [-0.1, -0.05) is 20.8 Å². The van der Waals surface area contributed by atoms with Crippen molar-refractivity contribution in [3.63, 3.8) is 0 Å². The number of fused-ring (bicyclic) bond motifs is 1. The first-order valence-electron chi connectivity index (χ1n) is 12.0. The van der Waals surface area contributed by atoms with Crippen molar-refractivity contribution < 1.29 is 22.0 Å². The standard InChI is InChI=1S/C25H35F2N5O3S/c1-16(2)30-22(33)18(13-28)14-29-36(34,35)19-6-7-21-20(12-19)31-23(24(3,4)5)32(21)15-17-8-10-25(26,27)11-9-17/h6-7,12-14,16-17H,8-11,15,28H2,1-5H3,(H,30,33). The summed E-state index contributed by atoms with van der Waals surface area (Å²) in [5.74, 6) is -2.28. The number of rotatable bonds is 7. The van der Waals surface area contributed by atoms with Gasteiger partial charge in [-0.25, -0.2) is 13.8 Å². The van der Waals surface area contributed by atoms with E-state index in [1.54, 1.807) is 19.9 Å². The SMILES string of the molecule is CC(C)NC(=O)C(C=NS(=O)(=O)c1ccc2c(c1)nc(C(C)(C)C)n2CC1CCC(F)(F)CC1)=CN. The van der Waals surface area contributed by atoms with Crippen molar-refractivity contribution in [2.45, 2.75) is 89.1 Å². The zero-order valence-corrected chi connectivity index (χ0v) is 22.2. The second-order valence-corrected chi connectivity index (χ2v) is 12.3. The van der Waals surface area contributed by atoms with E-state index in [2.05, 4.69) is 9.71 Å². The quantitative estimate of drug-likeness (QED) is 0.415. The first-order valence-corrected chi connectivity index (χ1v) is 13.5. The molecule has 1 fully saturated rings. The van der Waals surface area contributed by atoms with Gasteiger partial charge >= 0.3 is 0 Å². The van der Waals surface area contributed by atoms with E-state index in [0.717, 1.165) is 23.8 Å². The topological polar surface area (TPSA) is 119 Å². The van der Waals surface area contributed by atoms with Crippen LogP contribution in [0.1, 0.15) is 66.1 Å². The number of carbonyl (C=O) groups is 1. The number of carbonyl (C=O) groups excluding carboxylic acids is 1. The third-order valence-electron chi connectivity index (χ3n) is 6.16. The van der Waals surface area contributed by atoms with Crippen LogP contribution in [0, 0.1) is 5.92 Å². The monoisotopic (exact) mass is 523 g/mol. The van der Waals surface area contributed by atoms with Crippen LogP contribution < -0.4 is 11.1 Å². The summed E-state index contributed by atoms with van der Waals surface area (Å²) in [5.41, 5.74) is 6.27. The van der Waals surface area contributed by atoms with Gasteiger partial charge in [-0.15, -0.1) is 0 Å². The average Bonchev–Trinajstić information content (AvgIpc) is 3.13. The summed E-state index contributed by atoms with van der Waals surface area (Å²) >= 11 is 0. The van der Waals surface area contributed by atoms with E-state index < -0.39 is 21.9 Å². The molecule has 1 heterocycles. The third-order valence-corrected chi connectivity index (χ3v) is 7.39. The summed E-state index contributed by atoms with van der Waals surface area (Å²) in [5, 5.41) is 2.63. The number of sulfonamides is 1. The van der Waals surface area contributed by atoms with Crippen molar-refractivity contribution in [2.24, 2.45) is 16.0 Å². The fraction of sp³-hybridized carbons (Fsp3) is 0.560. The molecule has 1 aromatic heterocycles. The maximum absolute atomic E-state index is 13.6. The molecule has 1 aromatic carbocycles. The predicted molar refractivity (Wildman–Crippen MR) is 137 cm³/mol. The normalized spacial score (nSPS) is 17.8. The Morgan fingerprint density at radius 3 is 2.50 bits per heavy atom. The number of nitrogens with zero attached hydrogens (tertiary/aromatic N) is 3. The third kappa shape index (κ3) is 6.48. The lowest BCUT2D eigenvalue weighted by Crippen LogP contribution is -2.32. The summed E-state index contributed by atoms with van der Waals surface area (Å²) in [7, 11) is -4.14. The van der Waals surface area contributed by atoms with E-state index in [1.165, 1.54) is 12.1 Å². The second-order valence-electron chi connectivity index (χ2n) is 10.7. The predicted octanol–water partition coefficient (Wildman–Crippen LogP) is 4.29. The lowest BCUT2D eigenvalue weighted by molar-refractivity contribution is -0.117. The molecule has 0 aliphatic heterocycles. The Morgan fingerprint density at radius 2 is 1.94 bits per heavy atom. The largest absolute Gasteiger partial charge is 0.404 e. The molecule has 0 bridgehead atoms. The zero-order valence-electron chi connectivity index (χ0n) is 21.4. The van der Waals surface area contributed by atoms with Crippen LogP contribution in [0.15, 0.2) is 39.3 Å². The van der Waals surface area contributed by atoms with E-state index in [4.69, 9.17) is 10.7 Å². The molecule has 36 heavy (non-hydrogen) atoms. The number of aromatic nitrogens is 2. The lowest BCUT2D eigenvalue weighted by Gasteiger charge is -2.30. The molecule has 0 spiro atoms. The highest BCUT2D eigenvalue weighted by molar-refractivity contribution is 7.90. The number of hydrogen-bond acceptors (Lipinski definition) is 5. The highest BCUT2D eigenvalue weighted by Gasteiger charge is 2.36. The minimum absolute atomic E-state index is 0.0747. The van der Waals surface area contributed by atoms with Crippen LogP contribution in [-0.4, -0.2) is 42.1 Å². The van der Waals surface area contributed by atoms with E-state index in [9.17, 15) is 22.0 Å². The molecule has 1 saturated carbocycles. The van der Waals surface area contributed by atoms with Crippen LogP contribution in [-0.2, 0) is 26.8 Å². The minimum atomic E-state index is -4.14. The molecular formula is C25H35F2N5O3S. The van der Waals surface area contributed by atoms with Crippen molar-refractivity contribution in [3.8, 4) is 0 Å². The molecule has 1 amide bonds. The molecule has 0 unspecified atom stereocenters. The molecule has 0 radical (unpaired) electrons. The lowest BCUT2D eigenvalue weighted by atomic mass is 9.86. The Hall–Kier alpha value is -2.82. The molecule has 2 aromatic rings. The van der Waals surface area contributed by atoms with Gasteiger partial charge in [0, 0.05) is 37.0 Å². The molecule has 0 atom stereocenters. The first-order chi connectivity index (χ1) is 16.6. The summed E-state index contributed by atoms with van der Waals surface area (Å²) < 4.78 is 58.8. The second kappa shape index (κ2) is 10.3. The Kier molecular flexibility index (Phi) is 7.92. The van der Waals surface area contributed by atoms with E-state index in [1.807, 2.05) is 25.3 Å². The summed E-state index contributed by atoms with van der Waals surface area (Å²) in [6.45, 7) is 10.1. The fourth-order valence-corrected chi connectivity index (χ4v) is 5.15. The smallest absolute Gasteiger partial charge is 0.282 e. The highest BCUT2D eigenvalue weighted by atomic mass is 32.2. The van der Waals surface area contributed by atoms with Crippen molar-refractivity contribution in [3.05, 3.63) is 35.8 Å². The molecular weight excluding hydrogens is 488 g/mol. The van der Waals surface area contributed by atoms with Crippen LogP contribution in [0.3, 0.4) is 0 Å². The van der Waals surface area contributed by atoms with Crippen LogP contribution >= 0.6 is 0 Å². The van der Waals surface area contributed by atoms with Crippen molar-refractivity contribution in [1.29, 1.82) is 0 Å². The van der Waals surface area contributed by atoms with E-state index >= 15 is 0 Å². The molecule has 3 rings (SSSR count). The summed E-state index contributed by atoms with van der Waals surface area (Å²) in [6, 6.07) is 4.40. The number of nitrogens with one attached hydrogen (secondary N) is 1. The Morgan fingerprint density at radius 1 is 1.31 bits per heavy atom. The average molecular weight is 524 g/mol. The Bertz CT molecular complexity index is 1280.